The third kappa shape index (κ3) is 4.31. The summed E-state index contributed by atoms with van der Waals surface area (Å²) in [6.07, 6.45) is 2.52. The molecule has 0 amide bonds. The first kappa shape index (κ1) is 14.5. The molecule has 0 aliphatic heterocycles. The summed E-state index contributed by atoms with van der Waals surface area (Å²) in [5.41, 5.74) is 2.11. The van der Waals surface area contributed by atoms with E-state index >= 15 is 0 Å². The first-order valence-corrected chi connectivity index (χ1v) is 6.64. The van der Waals surface area contributed by atoms with Crippen molar-refractivity contribution < 1.29 is 9.13 Å². The smallest absolute Gasteiger partial charge is 0.213 e. The molecule has 1 unspecified atom stereocenters. The molecule has 1 N–H and O–H groups in total. The number of halogens is 1. The maximum atomic E-state index is 13.1. The fourth-order valence-corrected chi connectivity index (χ4v) is 2.05. The number of aromatic nitrogens is 1. The van der Waals surface area contributed by atoms with Crippen molar-refractivity contribution in [3.8, 4) is 5.88 Å². The summed E-state index contributed by atoms with van der Waals surface area (Å²) < 4.78 is 18.2. The Labute approximate surface area is 118 Å². The summed E-state index contributed by atoms with van der Waals surface area (Å²) in [5.74, 6) is 0.427. The summed E-state index contributed by atoms with van der Waals surface area (Å²) in [6.45, 7) is 2.82. The quantitative estimate of drug-likeness (QED) is 0.879. The number of rotatable bonds is 6. The van der Waals surface area contributed by atoms with E-state index in [1.165, 1.54) is 6.07 Å². The Morgan fingerprint density at radius 1 is 1.25 bits per heavy atom. The Kier molecular flexibility index (Phi) is 5.07. The Bertz CT molecular complexity index is 560. The number of nitrogens with zero attached hydrogens (tertiary/aromatic N) is 1. The molecule has 1 aromatic heterocycles. The lowest BCUT2D eigenvalue weighted by Crippen LogP contribution is -2.27. The van der Waals surface area contributed by atoms with Crippen LogP contribution < -0.4 is 10.1 Å². The van der Waals surface area contributed by atoms with Gasteiger partial charge in [0.05, 0.1) is 7.11 Å². The van der Waals surface area contributed by atoms with Crippen LogP contribution >= 0.6 is 0 Å². The molecule has 0 saturated heterocycles. The van der Waals surface area contributed by atoms with E-state index in [0.717, 1.165) is 24.1 Å². The van der Waals surface area contributed by atoms with Crippen LogP contribution in [0.3, 0.4) is 0 Å². The summed E-state index contributed by atoms with van der Waals surface area (Å²) in [7, 11) is 1.60. The number of hydrogen-bond acceptors (Lipinski definition) is 3. The van der Waals surface area contributed by atoms with Gasteiger partial charge in [-0.15, -0.1) is 0 Å². The van der Waals surface area contributed by atoms with E-state index in [-0.39, 0.29) is 11.9 Å². The summed E-state index contributed by atoms with van der Waals surface area (Å²) >= 11 is 0. The predicted molar refractivity (Wildman–Crippen MR) is 77.2 cm³/mol. The Morgan fingerprint density at radius 3 is 2.85 bits per heavy atom. The topological polar surface area (TPSA) is 34.1 Å². The van der Waals surface area contributed by atoms with Crippen molar-refractivity contribution in [1.82, 2.24) is 10.3 Å². The third-order valence-electron chi connectivity index (χ3n) is 3.09. The molecule has 0 fully saturated rings. The average Bonchev–Trinajstić information content (AvgIpc) is 2.45. The zero-order chi connectivity index (χ0) is 14.4. The molecule has 4 heteroatoms. The molecule has 1 heterocycles. The highest BCUT2D eigenvalue weighted by Crippen LogP contribution is 2.10. The second-order valence-electron chi connectivity index (χ2n) is 4.82. The van der Waals surface area contributed by atoms with Crippen LogP contribution in [0.4, 0.5) is 4.39 Å². The summed E-state index contributed by atoms with van der Waals surface area (Å²) in [5, 5.41) is 3.41. The van der Waals surface area contributed by atoms with E-state index < -0.39 is 0 Å². The highest BCUT2D eigenvalue weighted by molar-refractivity contribution is 5.20. The molecule has 0 bridgehead atoms. The van der Waals surface area contributed by atoms with Crippen molar-refractivity contribution in [3.05, 3.63) is 59.5 Å². The highest BCUT2D eigenvalue weighted by atomic mass is 19.1. The van der Waals surface area contributed by atoms with Crippen molar-refractivity contribution in [2.24, 2.45) is 0 Å². The number of nitrogens with one attached hydrogen (secondary N) is 1. The van der Waals surface area contributed by atoms with Gasteiger partial charge in [-0.1, -0.05) is 12.1 Å². The highest BCUT2D eigenvalue weighted by Gasteiger charge is 2.05. The molecule has 0 spiro atoms. The minimum atomic E-state index is -0.187. The third-order valence-corrected chi connectivity index (χ3v) is 3.09. The molecule has 106 valence electrons. The molecule has 0 aliphatic carbocycles. The van der Waals surface area contributed by atoms with Crippen LogP contribution in [0.15, 0.2) is 42.6 Å². The zero-order valence-electron chi connectivity index (χ0n) is 11.8. The van der Waals surface area contributed by atoms with E-state index in [1.807, 2.05) is 18.2 Å². The first-order chi connectivity index (χ1) is 9.67. The fraction of sp³-hybridized carbons (Fsp3) is 0.312. The molecular formula is C16H19FN2O. The molecule has 3 nitrogen and oxygen atoms in total. The summed E-state index contributed by atoms with van der Waals surface area (Å²) in [6, 6.07) is 10.8. The molecule has 1 atom stereocenters. The number of pyridine rings is 1. The van der Waals surface area contributed by atoms with Crippen LogP contribution in [0.2, 0.25) is 0 Å². The van der Waals surface area contributed by atoms with Gasteiger partial charge in [-0.25, -0.2) is 9.37 Å². The predicted octanol–water partition coefficient (Wildman–Crippen LogP) is 2.95. The van der Waals surface area contributed by atoms with E-state index in [9.17, 15) is 4.39 Å². The number of methoxy groups -OCH3 is 1. The van der Waals surface area contributed by atoms with Gasteiger partial charge >= 0.3 is 0 Å². The normalized spacial score (nSPS) is 12.2. The number of benzene rings is 1. The van der Waals surface area contributed by atoms with Crippen LogP contribution in [0, 0.1) is 5.82 Å². The van der Waals surface area contributed by atoms with Crippen molar-refractivity contribution in [1.29, 1.82) is 0 Å². The van der Waals surface area contributed by atoms with Crippen LogP contribution in [0.5, 0.6) is 5.88 Å². The van der Waals surface area contributed by atoms with E-state index in [2.05, 4.69) is 17.2 Å². The fourth-order valence-electron chi connectivity index (χ4n) is 2.05. The minimum Gasteiger partial charge on any atom is -0.481 e. The van der Waals surface area contributed by atoms with E-state index in [1.54, 1.807) is 25.4 Å². The maximum Gasteiger partial charge on any atom is 0.213 e. The standard InChI is InChI=1S/C16H19FN2O/c1-12(8-13-4-3-5-15(17)9-13)19-11-14-6-7-18-16(10-14)20-2/h3-7,9-10,12,19H,8,11H2,1-2H3. The summed E-state index contributed by atoms with van der Waals surface area (Å²) in [4.78, 5) is 4.07. The van der Waals surface area contributed by atoms with E-state index in [0.29, 0.717) is 5.88 Å². The van der Waals surface area contributed by atoms with Crippen LogP contribution in [-0.4, -0.2) is 18.1 Å². The van der Waals surface area contributed by atoms with Gasteiger partial charge in [0.1, 0.15) is 5.82 Å². The molecule has 1 aromatic carbocycles. The lowest BCUT2D eigenvalue weighted by Gasteiger charge is -2.14. The Hall–Kier alpha value is -1.94. The monoisotopic (exact) mass is 274 g/mol. The Morgan fingerprint density at radius 2 is 2.10 bits per heavy atom. The van der Waals surface area contributed by atoms with Gasteiger partial charge in [-0.2, -0.15) is 0 Å². The second kappa shape index (κ2) is 7.01. The van der Waals surface area contributed by atoms with Gasteiger partial charge in [0.15, 0.2) is 0 Å². The Balaban J connectivity index is 1.87. The molecule has 2 rings (SSSR count). The van der Waals surface area contributed by atoms with Gasteiger partial charge in [0.2, 0.25) is 5.88 Å². The van der Waals surface area contributed by atoms with Crippen molar-refractivity contribution in [2.45, 2.75) is 25.9 Å². The molecule has 0 saturated carbocycles. The lowest BCUT2D eigenvalue weighted by molar-refractivity contribution is 0.397. The minimum absolute atomic E-state index is 0.187. The second-order valence-corrected chi connectivity index (χ2v) is 4.82. The van der Waals surface area contributed by atoms with E-state index in [4.69, 9.17) is 4.74 Å². The van der Waals surface area contributed by atoms with Gasteiger partial charge in [-0.3, -0.25) is 0 Å². The maximum absolute atomic E-state index is 13.1. The van der Waals surface area contributed by atoms with Crippen molar-refractivity contribution in [2.75, 3.05) is 7.11 Å². The molecule has 20 heavy (non-hydrogen) atoms. The number of ether oxygens (including phenoxy) is 1. The molecule has 2 aromatic rings. The first-order valence-electron chi connectivity index (χ1n) is 6.64. The molecule has 0 aliphatic rings. The molecular weight excluding hydrogens is 255 g/mol. The van der Waals surface area contributed by atoms with Crippen LogP contribution in [0.25, 0.3) is 0 Å². The average molecular weight is 274 g/mol. The van der Waals surface area contributed by atoms with Gasteiger partial charge < -0.3 is 10.1 Å². The molecule has 0 radical (unpaired) electrons. The SMILES string of the molecule is COc1cc(CNC(C)Cc2cccc(F)c2)ccn1. The van der Waals surface area contributed by atoms with Crippen molar-refractivity contribution in [3.63, 3.8) is 0 Å². The van der Waals surface area contributed by atoms with Gasteiger partial charge in [-0.05, 0) is 42.7 Å². The zero-order valence-corrected chi connectivity index (χ0v) is 11.8. The largest absolute Gasteiger partial charge is 0.481 e. The lowest BCUT2D eigenvalue weighted by atomic mass is 10.1. The van der Waals surface area contributed by atoms with Crippen LogP contribution in [-0.2, 0) is 13.0 Å². The van der Waals surface area contributed by atoms with Crippen LogP contribution in [0.1, 0.15) is 18.1 Å². The van der Waals surface area contributed by atoms with Gasteiger partial charge in [0, 0.05) is 24.8 Å². The number of hydrogen-bond donors (Lipinski definition) is 1. The van der Waals surface area contributed by atoms with Gasteiger partial charge in [0.25, 0.3) is 0 Å². The van der Waals surface area contributed by atoms with Crippen molar-refractivity contribution >= 4 is 0 Å².